The molecule has 3 aliphatic rings. The van der Waals surface area contributed by atoms with Crippen LogP contribution in [0.4, 0.5) is 0 Å². The highest BCUT2D eigenvalue weighted by Gasteiger charge is 2.37. The van der Waals surface area contributed by atoms with Crippen LogP contribution in [-0.2, 0) is 4.79 Å². The molecule has 0 unspecified atom stereocenters. The summed E-state index contributed by atoms with van der Waals surface area (Å²) in [4.78, 5) is 30.3. The second kappa shape index (κ2) is 6.56. The Morgan fingerprint density at radius 3 is 2.81 bits per heavy atom. The van der Waals surface area contributed by atoms with Gasteiger partial charge in [0.25, 0.3) is 5.91 Å². The van der Waals surface area contributed by atoms with Crippen LogP contribution < -0.4 is 9.47 Å². The van der Waals surface area contributed by atoms with Gasteiger partial charge in [-0.1, -0.05) is 0 Å². The average Bonchev–Trinajstić information content (AvgIpc) is 3.34. The van der Waals surface area contributed by atoms with E-state index in [1.165, 1.54) is 11.3 Å². The number of fused-ring (bicyclic) bond motifs is 2. The van der Waals surface area contributed by atoms with Crippen LogP contribution in [0.1, 0.15) is 22.5 Å². The maximum atomic E-state index is 12.9. The van der Waals surface area contributed by atoms with E-state index in [2.05, 4.69) is 0 Å². The molecule has 0 radical (unpaired) electrons. The van der Waals surface area contributed by atoms with Gasteiger partial charge >= 0.3 is 0 Å². The molecular formula is C20H20N2O4S. The Bertz CT molecular complexity index is 909. The van der Waals surface area contributed by atoms with E-state index in [1.54, 1.807) is 0 Å². The average molecular weight is 384 g/mol. The lowest BCUT2D eigenvalue weighted by Gasteiger charge is -2.37. The van der Waals surface area contributed by atoms with Crippen molar-refractivity contribution in [3.63, 3.8) is 0 Å². The third-order valence-corrected chi connectivity index (χ3v) is 6.55. The van der Waals surface area contributed by atoms with Crippen LogP contribution in [0.5, 0.6) is 11.5 Å². The minimum Gasteiger partial charge on any atom is -0.486 e. The van der Waals surface area contributed by atoms with Crippen LogP contribution in [-0.4, -0.2) is 60.5 Å². The quantitative estimate of drug-likeness (QED) is 0.799. The van der Waals surface area contributed by atoms with Gasteiger partial charge in [-0.05, 0) is 42.3 Å². The minimum absolute atomic E-state index is 0.0581. The summed E-state index contributed by atoms with van der Waals surface area (Å²) in [5.74, 6) is 1.80. The number of hydrogen-bond acceptors (Lipinski definition) is 5. The lowest BCUT2D eigenvalue weighted by Crippen LogP contribution is -2.53. The van der Waals surface area contributed by atoms with Crippen molar-refractivity contribution in [1.29, 1.82) is 0 Å². The fourth-order valence-corrected chi connectivity index (χ4v) is 4.98. The van der Waals surface area contributed by atoms with Gasteiger partial charge in [-0.25, -0.2) is 0 Å². The van der Waals surface area contributed by atoms with Gasteiger partial charge in [0.1, 0.15) is 13.2 Å². The molecule has 2 fully saturated rings. The number of carbonyl (C=O) groups is 2. The molecule has 5 rings (SSSR count). The summed E-state index contributed by atoms with van der Waals surface area (Å²) >= 11 is 1.50. The Hall–Kier alpha value is -2.54. The highest BCUT2D eigenvalue weighted by Crippen LogP contribution is 2.37. The van der Waals surface area contributed by atoms with E-state index < -0.39 is 0 Å². The number of amides is 2. The SMILES string of the molecule is O=C(c1ccc(-c2ccc3c(c2)OCCO3)s1)N1CCN2C(=O)CC[C@H]2C1. The zero-order valence-electron chi connectivity index (χ0n) is 14.8. The van der Waals surface area contributed by atoms with E-state index in [-0.39, 0.29) is 17.9 Å². The number of benzene rings is 1. The standard InChI is InChI=1S/C20H20N2O4S/c23-19-6-2-14-12-21(7-8-22(14)19)20(24)18-5-4-17(27-18)13-1-3-15-16(11-13)26-10-9-25-15/h1,3-5,11,14H,2,6-10,12H2/t14-/m0/s1. The van der Waals surface area contributed by atoms with Gasteiger partial charge in [-0.15, -0.1) is 11.3 Å². The lowest BCUT2D eigenvalue weighted by molar-refractivity contribution is -0.130. The molecule has 0 bridgehead atoms. The molecule has 0 N–H and O–H groups in total. The number of carbonyl (C=O) groups excluding carboxylic acids is 2. The van der Waals surface area contributed by atoms with Gasteiger partial charge < -0.3 is 19.3 Å². The Morgan fingerprint density at radius 1 is 1.07 bits per heavy atom. The van der Waals surface area contributed by atoms with Crippen LogP contribution >= 0.6 is 11.3 Å². The molecular weight excluding hydrogens is 364 g/mol. The van der Waals surface area contributed by atoms with E-state index >= 15 is 0 Å². The fourth-order valence-electron chi connectivity index (χ4n) is 4.01. The number of thiophene rings is 1. The van der Waals surface area contributed by atoms with Crippen LogP contribution in [0.3, 0.4) is 0 Å². The summed E-state index contributed by atoms with van der Waals surface area (Å²) in [5, 5.41) is 0. The molecule has 2 amide bonds. The van der Waals surface area contributed by atoms with Crippen molar-refractivity contribution in [1.82, 2.24) is 9.80 Å². The summed E-state index contributed by atoms with van der Waals surface area (Å²) < 4.78 is 11.2. The summed E-state index contributed by atoms with van der Waals surface area (Å²) in [6.07, 6.45) is 1.47. The van der Waals surface area contributed by atoms with Gasteiger partial charge in [0, 0.05) is 37.0 Å². The summed E-state index contributed by atoms with van der Waals surface area (Å²) in [5.41, 5.74) is 1.02. The van der Waals surface area contributed by atoms with Gasteiger partial charge in [0.15, 0.2) is 11.5 Å². The Labute approximate surface area is 161 Å². The van der Waals surface area contributed by atoms with Crippen molar-refractivity contribution in [2.24, 2.45) is 0 Å². The van der Waals surface area contributed by atoms with Crippen molar-refractivity contribution < 1.29 is 19.1 Å². The van der Waals surface area contributed by atoms with E-state index in [4.69, 9.17) is 9.47 Å². The predicted molar refractivity (Wildman–Crippen MR) is 101 cm³/mol. The third-order valence-electron chi connectivity index (χ3n) is 5.43. The normalized spacial score (nSPS) is 21.3. The molecule has 2 aromatic rings. The molecule has 0 saturated carbocycles. The van der Waals surface area contributed by atoms with Crippen molar-refractivity contribution in [2.45, 2.75) is 18.9 Å². The van der Waals surface area contributed by atoms with Crippen molar-refractivity contribution in [2.75, 3.05) is 32.8 Å². The molecule has 2 saturated heterocycles. The van der Waals surface area contributed by atoms with Crippen LogP contribution in [0.25, 0.3) is 10.4 Å². The van der Waals surface area contributed by atoms with Gasteiger partial charge in [0.05, 0.1) is 4.88 Å². The van der Waals surface area contributed by atoms with Gasteiger partial charge in [-0.3, -0.25) is 9.59 Å². The first kappa shape index (κ1) is 16.6. The summed E-state index contributed by atoms with van der Waals surface area (Å²) in [6.45, 7) is 3.03. The first-order valence-corrected chi connectivity index (χ1v) is 10.1. The number of piperazine rings is 1. The third kappa shape index (κ3) is 2.96. The lowest BCUT2D eigenvalue weighted by atomic mass is 10.1. The monoisotopic (exact) mass is 384 g/mol. The summed E-state index contributed by atoms with van der Waals surface area (Å²) in [6, 6.07) is 9.95. The molecule has 4 heterocycles. The predicted octanol–water partition coefficient (Wildman–Crippen LogP) is 2.63. The molecule has 7 heteroatoms. The smallest absolute Gasteiger partial charge is 0.264 e. The van der Waals surface area contributed by atoms with Crippen molar-refractivity contribution in [3.05, 3.63) is 35.2 Å². The molecule has 6 nitrogen and oxygen atoms in total. The highest BCUT2D eigenvalue weighted by molar-refractivity contribution is 7.17. The minimum atomic E-state index is 0.0581. The molecule has 0 aliphatic carbocycles. The number of hydrogen-bond donors (Lipinski definition) is 0. The fraction of sp³-hybridized carbons (Fsp3) is 0.400. The van der Waals surface area contributed by atoms with Gasteiger partial charge in [-0.2, -0.15) is 0 Å². The molecule has 27 heavy (non-hydrogen) atoms. The number of nitrogens with zero attached hydrogens (tertiary/aromatic N) is 2. The Kier molecular flexibility index (Phi) is 4.04. The van der Waals surface area contributed by atoms with Crippen molar-refractivity contribution in [3.8, 4) is 21.9 Å². The molecule has 1 aromatic heterocycles. The number of rotatable bonds is 2. The Morgan fingerprint density at radius 2 is 1.93 bits per heavy atom. The van der Waals surface area contributed by atoms with E-state index in [0.29, 0.717) is 39.3 Å². The van der Waals surface area contributed by atoms with Crippen molar-refractivity contribution >= 4 is 23.2 Å². The van der Waals surface area contributed by atoms with E-state index in [0.717, 1.165) is 33.2 Å². The second-order valence-electron chi connectivity index (χ2n) is 7.05. The molecule has 140 valence electrons. The molecule has 1 atom stereocenters. The zero-order chi connectivity index (χ0) is 18.4. The largest absolute Gasteiger partial charge is 0.486 e. The molecule has 0 spiro atoms. The first-order chi connectivity index (χ1) is 13.2. The van der Waals surface area contributed by atoms with Crippen LogP contribution in [0.15, 0.2) is 30.3 Å². The second-order valence-corrected chi connectivity index (χ2v) is 8.14. The van der Waals surface area contributed by atoms with E-state index in [9.17, 15) is 9.59 Å². The van der Waals surface area contributed by atoms with Gasteiger partial charge in [0.2, 0.25) is 5.91 Å². The summed E-state index contributed by atoms with van der Waals surface area (Å²) in [7, 11) is 0. The number of ether oxygens (including phenoxy) is 2. The zero-order valence-corrected chi connectivity index (χ0v) is 15.7. The van der Waals surface area contributed by atoms with Crippen LogP contribution in [0.2, 0.25) is 0 Å². The maximum Gasteiger partial charge on any atom is 0.264 e. The topological polar surface area (TPSA) is 59.1 Å². The molecule has 3 aliphatic heterocycles. The van der Waals surface area contributed by atoms with E-state index in [1.807, 2.05) is 40.1 Å². The highest BCUT2D eigenvalue weighted by atomic mass is 32.1. The van der Waals surface area contributed by atoms with Crippen LogP contribution in [0, 0.1) is 0 Å². The first-order valence-electron chi connectivity index (χ1n) is 9.27. The molecule has 1 aromatic carbocycles. The maximum absolute atomic E-state index is 12.9. The Balaban J connectivity index is 1.33.